The van der Waals surface area contributed by atoms with Crippen LogP contribution in [0.1, 0.15) is 32.1 Å². The highest BCUT2D eigenvalue weighted by molar-refractivity contribution is 5.79. The summed E-state index contributed by atoms with van der Waals surface area (Å²) in [5, 5.41) is 0. The van der Waals surface area contributed by atoms with Crippen LogP contribution in [0.15, 0.2) is 43.0 Å². The van der Waals surface area contributed by atoms with Gasteiger partial charge in [0.1, 0.15) is 12.4 Å². The number of para-hydroxylation sites is 1. The van der Waals surface area contributed by atoms with Crippen LogP contribution in [-0.2, 0) is 4.79 Å². The summed E-state index contributed by atoms with van der Waals surface area (Å²) in [7, 11) is 0. The first kappa shape index (κ1) is 13.5. The maximum Gasteiger partial charge on any atom is 0.170 e. The van der Waals surface area contributed by atoms with Crippen LogP contribution in [0.2, 0.25) is 0 Å². The van der Waals surface area contributed by atoms with Crippen molar-refractivity contribution in [2.45, 2.75) is 32.1 Å². The van der Waals surface area contributed by atoms with Gasteiger partial charge in [0.2, 0.25) is 0 Å². The molecular weight excluding hydrogens is 212 g/mol. The average molecular weight is 232 g/mol. The molecule has 0 spiro atoms. The number of carbonyl (C=O) groups is 1. The maximum absolute atomic E-state index is 11.5. The highest BCUT2D eigenvalue weighted by atomic mass is 16.5. The van der Waals surface area contributed by atoms with Crippen molar-refractivity contribution in [2.75, 3.05) is 6.61 Å². The number of Topliss-reactive ketones (excluding diaryl/α,β-unsaturated/α-hetero) is 1. The van der Waals surface area contributed by atoms with Crippen molar-refractivity contribution in [1.82, 2.24) is 0 Å². The predicted molar refractivity (Wildman–Crippen MR) is 70.2 cm³/mol. The Morgan fingerprint density at radius 3 is 2.65 bits per heavy atom. The molecule has 0 aromatic heterocycles. The van der Waals surface area contributed by atoms with Gasteiger partial charge in [-0.25, -0.2) is 0 Å². The summed E-state index contributed by atoms with van der Waals surface area (Å²) in [6.45, 7) is 3.86. The average Bonchev–Trinajstić information content (AvgIpc) is 2.37. The lowest BCUT2D eigenvalue weighted by Crippen LogP contribution is -2.10. The van der Waals surface area contributed by atoms with E-state index in [1.54, 1.807) is 0 Å². The third kappa shape index (κ3) is 6.56. The van der Waals surface area contributed by atoms with Gasteiger partial charge in [0.05, 0.1) is 0 Å². The van der Waals surface area contributed by atoms with E-state index in [2.05, 4.69) is 6.58 Å². The van der Waals surface area contributed by atoms with E-state index < -0.39 is 0 Å². The zero-order valence-corrected chi connectivity index (χ0v) is 10.2. The van der Waals surface area contributed by atoms with E-state index in [0.29, 0.717) is 6.42 Å². The van der Waals surface area contributed by atoms with Gasteiger partial charge < -0.3 is 4.74 Å². The van der Waals surface area contributed by atoms with Crippen molar-refractivity contribution in [3.05, 3.63) is 43.0 Å². The van der Waals surface area contributed by atoms with E-state index in [1.165, 1.54) is 0 Å². The number of carbonyl (C=O) groups excluding carboxylic acids is 1. The molecular formula is C15H20O2. The van der Waals surface area contributed by atoms with Gasteiger partial charge in [0, 0.05) is 6.42 Å². The molecule has 0 aliphatic rings. The Balaban J connectivity index is 2.07. The number of ether oxygens (including phenoxy) is 1. The summed E-state index contributed by atoms with van der Waals surface area (Å²) < 4.78 is 5.38. The molecule has 0 atom stereocenters. The first-order valence-corrected chi connectivity index (χ1v) is 6.13. The van der Waals surface area contributed by atoms with E-state index in [4.69, 9.17) is 4.74 Å². The maximum atomic E-state index is 11.5. The molecule has 0 amide bonds. The van der Waals surface area contributed by atoms with Gasteiger partial charge in [-0.1, -0.05) is 30.7 Å². The minimum atomic E-state index is 0.174. The molecule has 0 fully saturated rings. The zero-order chi connectivity index (χ0) is 12.3. The smallest absolute Gasteiger partial charge is 0.170 e. The molecule has 0 heterocycles. The van der Waals surface area contributed by atoms with Crippen LogP contribution in [0.5, 0.6) is 5.75 Å². The number of unbranched alkanes of at least 4 members (excludes halogenated alkanes) is 3. The van der Waals surface area contributed by atoms with E-state index >= 15 is 0 Å². The molecule has 2 nitrogen and oxygen atoms in total. The first-order valence-electron chi connectivity index (χ1n) is 6.13. The SMILES string of the molecule is C=CCCCCCC(=O)COc1ccccc1. The summed E-state index contributed by atoms with van der Waals surface area (Å²) in [6.07, 6.45) is 6.73. The van der Waals surface area contributed by atoms with Crippen molar-refractivity contribution in [2.24, 2.45) is 0 Å². The molecule has 1 rings (SSSR count). The Hall–Kier alpha value is -1.57. The van der Waals surface area contributed by atoms with Crippen molar-refractivity contribution in [3.8, 4) is 5.75 Å². The van der Waals surface area contributed by atoms with E-state index in [9.17, 15) is 4.79 Å². The fourth-order valence-corrected chi connectivity index (χ4v) is 1.54. The quantitative estimate of drug-likeness (QED) is 0.478. The molecule has 0 radical (unpaired) electrons. The monoisotopic (exact) mass is 232 g/mol. The van der Waals surface area contributed by atoms with Crippen LogP contribution >= 0.6 is 0 Å². The van der Waals surface area contributed by atoms with E-state index in [1.807, 2.05) is 36.4 Å². The molecule has 1 aromatic carbocycles. The molecule has 0 bridgehead atoms. The summed E-state index contributed by atoms with van der Waals surface area (Å²) >= 11 is 0. The van der Waals surface area contributed by atoms with Gasteiger partial charge >= 0.3 is 0 Å². The van der Waals surface area contributed by atoms with Gasteiger partial charge in [0.15, 0.2) is 5.78 Å². The molecule has 0 N–H and O–H groups in total. The van der Waals surface area contributed by atoms with E-state index in [0.717, 1.165) is 31.4 Å². The molecule has 0 saturated heterocycles. The second kappa shape index (κ2) is 8.57. The second-order valence-electron chi connectivity index (χ2n) is 4.03. The van der Waals surface area contributed by atoms with Crippen LogP contribution < -0.4 is 4.74 Å². The van der Waals surface area contributed by atoms with Crippen LogP contribution in [0, 0.1) is 0 Å². The van der Waals surface area contributed by atoms with Crippen LogP contribution in [0.4, 0.5) is 0 Å². The lowest BCUT2D eigenvalue weighted by atomic mass is 10.1. The highest BCUT2D eigenvalue weighted by Gasteiger charge is 2.02. The summed E-state index contributed by atoms with van der Waals surface area (Å²) in [5.41, 5.74) is 0. The number of hydrogen-bond acceptors (Lipinski definition) is 2. The first-order chi connectivity index (χ1) is 8.33. The van der Waals surface area contributed by atoms with E-state index in [-0.39, 0.29) is 12.4 Å². The Labute approximate surface area is 103 Å². The normalized spacial score (nSPS) is 9.88. The number of hydrogen-bond donors (Lipinski definition) is 0. The topological polar surface area (TPSA) is 26.3 Å². The molecule has 0 aliphatic carbocycles. The van der Waals surface area contributed by atoms with Crippen molar-refractivity contribution < 1.29 is 9.53 Å². The lowest BCUT2D eigenvalue weighted by molar-refractivity contribution is -0.121. The number of benzene rings is 1. The fraction of sp³-hybridized carbons (Fsp3) is 0.400. The largest absolute Gasteiger partial charge is 0.486 e. The summed E-state index contributed by atoms with van der Waals surface area (Å²) in [5.74, 6) is 0.931. The highest BCUT2D eigenvalue weighted by Crippen LogP contribution is 2.09. The predicted octanol–water partition coefficient (Wildman–Crippen LogP) is 3.77. The number of allylic oxidation sites excluding steroid dienone is 1. The molecule has 0 unspecified atom stereocenters. The third-order valence-electron chi connectivity index (χ3n) is 2.51. The standard InChI is InChI=1S/C15H20O2/c1-2-3-4-5-7-10-14(16)13-17-15-11-8-6-9-12-15/h2,6,8-9,11-12H,1,3-5,7,10,13H2. The summed E-state index contributed by atoms with van der Waals surface area (Å²) in [6, 6.07) is 9.44. The lowest BCUT2D eigenvalue weighted by Gasteiger charge is -2.04. The van der Waals surface area contributed by atoms with Crippen LogP contribution in [-0.4, -0.2) is 12.4 Å². The van der Waals surface area contributed by atoms with Crippen molar-refractivity contribution in [1.29, 1.82) is 0 Å². The molecule has 0 aliphatic heterocycles. The Morgan fingerprint density at radius 2 is 1.94 bits per heavy atom. The Morgan fingerprint density at radius 1 is 1.18 bits per heavy atom. The van der Waals surface area contributed by atoms with Gasteiger partial charge in [0.25, 0.3) is 0 Å². The molecule has 1 aromatic rings. The van der Waals surface area contributed by atoms with Gasteiger partial charge in [-0.3, -0.25) is 4.79 Å². The number of ketones is 1. The van der Waals surface area contributed by atoms with Crippen molar-refractivity contribution >= 4 is 5.78 Å². The second-order valence-corrected chi connectivity index (χ2v) is 4.03. The van der Waals surface area contributed by atoms with Crippen LogP contribution in [0.3, 0.4) is 0 Å². The molecule has 17 heavy (non-hydrogen) atoms. The Bertz CT molecular complexity index is 330. The Kier molecular flexibility index (Phi) is 6.80. The summed E-state index contributed by atoms with van der Waals surface area (Å²) in [4.78, 5) is 11.5. The fourth-order valence-electron chi connectivity index (χ4n) is 1.54. The molecule has 92 valence electrons. The van der Waals surface area contributed by atoms with Gasteiger partial charge in [-0.2, -0.15) is 0 Å². The zero-order valence-electron chi connectivity index (χ0n) is 10.2. The minimum absolute atomic E-state index is 0.174. The van der Waals surface area contributed by atoms with Gasteiger partial charge in [-0.15, -0.1) is 6.58 Å². The molecule has 0 saturated carbocycles. The number of rotatable bonds is 9. The van der Waals surface area contributed by atoms with Crippen LogP contribution in [0.25, 0.3) is 0 Å². The van der Waals surface area contributed by atoms with Crippen molar-refractivity contribution in [3.63, 3.8) is 0 Å². The third-order valence-corrected chi connectivity index (χ3v) is 2.51. The molecule has 2 heteroatoms. The van der Waals surface area contributed by atoms with Gasteiger partial charge in [-0.05, 0) is 31.4 Å². The minimum Gasteiger partial charge on any atom is -0.486 e.